The van der Waals surface area contributed by atoms with Gasteiger partial charge in [0.1, 0.15) is 0 Å². The van der Waals surface area contributed by atoms with Crippen LogP contribution in [0.2, 0.25) is 0 Å². The minimum absolute atomic E-state index is 0.0498. The Morgan fingerprint density at radius 1 is 0.875 bits per heavy atom. The average molecular weight is 455 g/mol. The number of carbonyl (C=O) groups is 1. The topological polar surface area (TPSA) is 130 Å². The predicted octanol–water partition coefficient (Wildman–Crippen LogP) is 5.16. The van der Waals surface area contributed by atoms with Crippen LogP contribution in [0, 0.1) is 10.1 Å². The molecule has 3 N–H and O–H groups in total. The fourth-order valence-electron chi connectivity index (χ4n) is 2.85. The van der Waals surface area contributed by atoms with Crippen LogP contribution >= 0.6 is 0 Å². The van der Waals surface area contributed by atoms with E-state index in [4.69, 9.17) is 0 Å². The summed E-state index contributed by atoms with van der Waals surface area (Å²) in [6, 6.07) is 17.7. The van der Waals surface area contributed by atoms with Crippen LogP contribution in [0.15, 0.2) is 77.7 Å². The van der Waals surface area contributed by atoms with E-state index in [0.29, 0.717) is 17.1 Å². The lowest BCUT2D eigenvalue weighted by molar-refractivity contribution is -0.384. The second kappa shape index (κ2) is 9.48. The first-order chi connectivity index (χ1) is 15.1. The zero-order chi connectivity index (χ0) is 23.3. The number of non-ortho nitro benzene ring substituents is 1. The maximum Gasteiger partial charge on any atom is 0.323 e. The Morgan fingerprint density at radius 2 is 1.44 bits per heavy atom. The van der Waals surface area contributed by atoms with Gasteiger partial charge >= 0.3 is 6.03 Å². The Labute approximate surface area is 185 Å². The number of nitro groups is 1. The largest absolute Gasteiger partial charge is 0.323 e. The first-order valence-electron chi connectivity index (χ1n) is 9.69. The molecule has 166 valence electrons. The number of urea groups is 1. The SMILES string of the molecule is CC(C)c1cccc(NS(=O)(=O)c2ccc(NC(=O)Nc3ccc([N+](=O)[O-])cc3)cc2)c1. The summed E-state index contributed by atoms with van der Waals surface area (Å²) in [5.41, 5.74) is 2.16. The summed E-state index contributed by atoms with van der Waals surface area (Å²) in [5.74, 6) is 0.266. The molecule has 0 fully saturated rings. The van der Waals surface area contributed by atoms with Crippen molar-refractivity contribution in [3.05, 3.63) is 88.5 Å². The van der Waals surface area contributed by atoms with Crippen molar-refractivity contribution >= 4 is 38.8 Å². The zero-order valence-electron chi connectivity index (χ0n) is 17.4. The zero-order valence-corrected chi connectivity index (χ0v) is 18.2. The molecule has 0 aromatic heterocycles. The fraction of sp³-hybridized carbons (Fsp3) is 0.136. The van der Waals surface area contributed by atoms with Crippen LogP contribution in [0.1, 0.15) is 25.3 Å². The smallest absolute Gasteiger partial charge is 0.308 e. The molecule has 0 aliphatic carbocycles. The number of carbonyl (C=O) groups excluding carboxylic acids is 1. The molecule has 10 heteroatoms. The van der Waals surface area contributed by atoms with Gasteiger partial charge < -0.3 is 10.6 Å². The van der Waals surface area contributed by atoms with Crippen LogP contribution in [0.4, 0.5) is 27.5 Å². The molecule has 9 nitrogen and oxygen atoms in total. The maximum absolute atomic E-state index is 12.7. The third-order valence-electron chi connectivity index (χ3n) is 4.56. The van der Waals surface area contributed by atoms with Gasteiger partial charge in [-0.1, -0.05) is 26.0 Å². The monoisotopic (exact) mass is 454 g/mol. The normalized spacial score (nSPS) is 11.1. The molecule has 2 amide bonds. The van der Waals surface area contributed by atoms with Gasteiger partial charge in [-0.25, -0.2) is 13.2 Å². The van der Waals surface area contributed by atoms with Gasteiger partial charge in [0.2, 0.25) is 0 Å². The van der Waals surface area contributed by atoms with E-state index in [1.807, 2.05) is 19.9 Å². The summed E-state index contributed by atoms with van der Waals surface area (Å²) >= 11 is 0. The van der Waals surface area contributed by atoms with Crippen molar-refractivity contribution in [1.82, 2.24) is 0 Å². The molecule has 0 saturated heterocycles. The Kier molecular flexibility index (Phi) is 6.74. The molecule has 0 heterocycles. The lowest BCUT2D eigenvalue weighted by Crippen LogP contribution is -2.19. The number of nitro benzene ring substituents is 1. The lowest BCUT2D eigenvalue weighted by Gasteiger charge is -2.12. The second-order valence-corrected chi connectivity index (χ2v) is 8.98. The molecule has 0 spiro atoms. The quantitative estimate of drug-likeness (QED) is 0.335. The summed E-state index contributed by atoms with van der Waals surface area (Å²) in [6.45, 7) is 4.05. The van der Waals surface area contributed by atoms with Gasteiger partial charge in [-0.15, -0.1) is 0 Å². The second-order valence-electron chi connectivity index (χ2n) is 7.29. The molecule has 0 radical (unpaired) electrons. The molecule has 3 aromatic rings. The van der Waals surface area contributed by atoms with E-state index >= 15 is 0 Å². The molecule has 0 aliphatic heterocycles. The van der Waals surface area contributed by atoms with Gasteiger partial charge in [0.25, 0.3) is 15.7 Å². The number of hydrogen-bond acceptors (Lipinski definition) is 5. The first-order valence-corrected chi connectivity index (χ1v) is 11.2. The number of nitrogens with one attached hydrogen (secondary N) is 3. The molecule has 3 rings (SSSR count). The lowest BCUT2D eigenvalue weighted by atomic mass is 10.0. The highest BCUT2D eigenvalue weighted by atomic mass is 32.2. The van der Waals surface area contributed by atoms with E-state index in [1.165, 1.54) is 48.5 Å². The van der Waals surface area contributed by atoms with E-state index in [-0.39, 0.29) is 16.5 Å². The highest BCUT2D eigenvalue weighted by molar-refractivity contribution is 7.92. The van der Waals surface area contributed by atoms with Crippen molar-refractivity contribution in [3.8, 4) is 0 Å². The number of benzene rings is 3. The van der Waals surface area contributed by atoms with Crippen LogP contribution < -0.4 is 15.4 Å². The van der Waals surface area contributed by atoms with Crippen molar-refractivity contribution in [1.29, 1.82) is 0 Å². The number of amides is 2. The summed E-state index contributed by atoms with van der Waals surface area (Å²) in [5, 5.41) is 15.8. The van der Waals surface area contributed by atoms with Gasteiger partial charge in [-0.3, -0.25) is 14.8 Å². The first kappa shape index (κ1) is 22.8. The molecule has 0 saturated carbocycles. The van der Waals surface area contributed by atoms with Crippen LogP contribution in [-0.4, -0.2) is 19.4 Å². The summed E-state index contributed by atoms with van der Waals surface area (Å²) in [7, 11) is -3.79. The number of anilines is 3. The Morgan fingerprint density at radius 3 is 1.97 bits per heavy atom. The van der Waals surface area contributed by atoms with Gasteiger partial charge in [0.05, 0.1) is 9.82 Å². The third-order valence-corrected chi connectivity index (χ3v) is 5.96. The molecule has 3 aromatic carbocycles. The third kappa shape index (κ3) is 5.82. The standard InChI is InChI=1S/C22H22N4O5S/c1-15(2)16-4-3-5-19(14-16)25-32(30,31)21-12-8-18(9-13-21)24-22(27)23-17-6-10-20(11-7-17)26(28)29/h3-15,25H,1-2H3,(H2,23,24,27). The van der Waals surface area contributed by atoms with E-state index < -0.39 is 21.0 Å². The van der Waals surface area contributed by atoms with E-state index in [0.717, 1.165) is 5.56 Å². The van der Waals surface area contributed by atoms with E-state index in [1.54, 1.807) is 18.2 Å². The minimum atomic E-state index is -3.79. The molecule has 0 unspecified atom stereocenters. The summed E-state index contributed by atoms with van der Waals surface area (Å²) in [6.07, 6.45) is 0. The number of hydrogen-bond donors (Lipinski definition) is 3. The van der Waals surface area contributed by atoms with Crippen LogP contribution in [-0.2, 0) is 10.0 Å². The Bertz CT molecular complexity index is 1220. The molecular weight excluding hydrogens is 432 g/mol. The Hall–Kier alpha value is -3.92. The number of nitrogens with zero attached hydrogens (tertiary/aromatic N) is 1. The predicted molar refractivity (Wildman–Crippen MR) is 124 cm³/mol. The van der Waals surface area contributed by atoms with Crippen LogP contribution in [0.3, 0.4) is 0 Å². The van der Waals surface area contributed by atoms with Crippen molar-refractivity contribution < 1.29 is 18.1 Å². The summed E-state index contributed by atoms with van der Waals surface area (Å²) in [4.78, 5) is 22.3. The molecule has 0 aliphatic rings. The molecule has 0 atom stereocenters. The van der Waals surface area contributed by atoms with Gasteiger partial charge in [0.15, 0.2) is 0 Å². The van der Waals surface area contributed by atoms with E-state index in [9.17, 15) is 23.3 Å². The highest BCUT2D eigenvalue weighted by Crippen LogP contribution is 2.22. The number of sulfonamides is 1. The maximum atomic E-state index is 12.7. The van der Waals surface area contributed by atoms with Gasteiger partial charge in [-0.2, -0.15) is 0 Å². The van der Waals surface area contributed by atoms with Crippen molar-refractivity contribution in [2.45, 2.75) is 24.7 Å². The Balaban J connectivity index is 1.64. The van der Waals surface area contributed by atoms with E-state index in [2.05, 4.69) is 15.4 Å². The highest BCUT2D eigenvalue weighted by Gasteiger charge is 2.15. The molecule has 0 bridgehead atoms. The van der Waals surface area contributed by atoms with Gasteiger partial charge in [-0.05, 0) is 60.0 Å². The van der Waals surface area contributed by atoms with Crippen molar-refractivity contribution in [3.63, 3.8) is 0 Å². The van der Waals surface area contributed by atoms with Gasteiger partial charge in [0, 0.05) is 29.2 Å². The van der Waals surface area contributed by atoms with Crippen LogP contribution in [0.5, 0.6) is 0 Å². The van der Waals surface area contributed by atoms with Crippen LogP contribution in [0.25, 0.3) is 0 Å². The average Bonchev–Trinajstić information content (AvgIpc) is 2.74. The van der Waals surface area contributed by atoms with Crippen molar-refractivity contribution in [2.24, 2.45) is 0 Å². The number of rotatable bonds is 7. The molecular formula is C22H22N4O5S. The molecule has 32 heavy (non-hydrogen) atoms. The minimum Gasteiger partial charge on any atom is -0.308 e. The summed E-state index contributed by atoms with van der Waals surface area (Å²) < 4.78 is 27.9. The van der Waals surface area contributed by atoms with Crippen molar-refractivity contribution in [2.75, 3.05) is 15.4 Å². The fourth-order valence-corrected chi connectivity index (χ4v) is 3.90.